The fourth-order valence-electron chi connectivity index (χ4n) is 4.51. The first-order valence-electron chi connectivity index (χ1n) is 14.5. The molecule has 0 fully saturated rings. The molecule has 1 atom stereocenters. The molecule has 0 radical (unpaired) electrons. The van der Waals surface area contributed by atoms with Gasteiger partial charge in [0.1, 0.15) is 24.1 Å². The van der Waals surface area contributed by atoms with E-state index in [1.807, 2.05) is 46.8 Å². The Labute approximate surface area is 255 Å². The number of carbonyl (C=O) groups is 2. The van der Waals surface area contributed by atoms with Crippen LogP contribution >= 0.6 is 0 Å². The van der Waals surface area contributed by atoms with Gasteiger partial charge in [-0.05, 0) is 80.3 Å². The summed E-state index contributed by atoms with van der Waals surface area (Å²) >= 11 is 0. The zero-order valence-corrected chi connectivity index (χ0v) is 26.7. The maximum Gasteiger partial charge on any atom is 0.264 e. The van der Waals surface area contributed by atoms with Gasteiger partial charge in [-0.2, -0.15) is 0 Å². The summed E-state index contributed by atoms with van der Waals surface area (Å²) in [5.41, 5.74) is 2.07. The number of sulfonamides is 1. The molecule has 0 saturated carbocycles. The number of amides is 2. The monoisotopic (exact) mass is 609 g/mol. The molecule has 0 heterocycles. The lowest BCUT2D eigenvalue weighted by Crippen LogP contribution is -2.52. The smallest absolute Gasteiger partial charge is 0.264 e. The molecule has 0 aliphatic rings. The van der Waals surface area contributed by atoms with E-state index < -0.39 is 28.5 Å². The Morgan fingerprint density at radius 3 is 2.02 bits per heavy atom. The standard InChI is InChI=1S/C33H43N3O6S/c1-7-31(33(38)34-21-24(3)4)35(22-26-11-15-28(41-6)16-12-26)32(37)23-36(27-13-9-25(5)10-14-27)43(39,40)30-19-17-29(18-20-30)42-8-2/h9-20,24,31H,7-8,21-23H2,1-6H3,(H,34,38). The van der Waals surface area contributed by atoms with E-state index in [9.17, 15) is 18.0 Å². The fraction of sp³-hybridized carbons (Fsp3) is 0.394. The molecule has 0 spiro atoms. The van der Waals surface area contributed by atoms with E-state index in [1.165, 1.54) is 17.0 Å². The number of methoxy groups -OCH3 is 1. The van der Waals surface area contributed by atoms with E-state index in [0.717, 1.165) is 15.4 Å². The van der Waals surface area contributed by atoms with Crippen molar-refractivity contribution >= 4 is 27.5 Å². The fourth-order valence-corrected chi connectivity index (χ4v) is 5.93. The highest BCUT2D eigenvalue weighted by Crippen LogP contribution is 2.27. The lowest BCUT2D eigenvalue weighted by Gasteiger charge is -2.33. The summed E-state index contributed by atoms with van der Waals surface area (Å²) in [5, 5.41) is 2.94. The van der Waals surface area contributed by atoms with Crippen molar-refractivity contribution in [2.24, 2.45) is 5.92 Å². The maximum atomic E-state index is 14.2. The van der Waals surface area contributed by atoms with Gasteiger partial charge >= 0.3 is 0 Å². The third-order valence-corrected chi connectivity index (χ3v) is 8.69. The molecule has 0 saturated heterocycles. The number of ether oxygens (including phenoxy) is 2. The van der Waals surface area contributed by atoms with Crippen LogP contribution in [0.15, 0.2) is 77.7 Å². The van der Waals surface area contributed by atoms with Crippen LogP contribution in [0.25, 0.3) is 0 Å². The van der Waals surface area contributed by atoms with Gasteiger partial charge in [-0.25, -0.2) is 8.42 Å². The molecule has 232 valence electrons. The predicted molar refractivity (Wildman–Crippen MR) is 169 cm³/mol. The van der Waals surface area contributed by atoms with Crippen LogP contribution in [0, 0.1) is 12.8 Å². The van der Waals surface area contributed by atoms with E-state index >= 15 is 0 Å². The molecule has 3 aromatic carbocycles. The zero-order valence-electron chi connectivity index (χ0n) is 25.9. The number of hydrogen-bond donors (Lipinski definition) is 1. The Bertz CT molecular complexity index is 1440. The summed E-state index contributed by atoms with van der Waals surface area (Å²) in [6.07, 6.45) is 0.349. The quantitative estimate of drug-likeness (QED) is 0.255. The number of nitrogens with one attached hydrogen (secondary N) is 1. The van der Waals surface area contributed by atoms with Crippen molar-refractivity contribution in [1.29, 1.82) is 0 Å². The van der Waals surface area contributed by atoms with Gasteiger partial charge in [-0.3, -0.25) is 13.9 Å². The highest BCUT2D eigenvalue weighted by atomic mass is 32.2. The van der Waals surface area contributed by atoms with Crippen molar-refractivity contribution in [3.8, 4) is 11.5 Å². The number of benzene rings is 3. The molecule has 1 N–H and O–H groups in total. The van der Waals surface area contributed by atoms with Gasteiger partial charge in [-0.15, -0.1) is 0 Å². The number of aryl methyl sites for hydroxylation is 1. The van der Waals surface area contributed by atoms with E-state index in [0.29, 0.717) is 36.8 Å². The van der Waals surface area contributed by atoms with Crippen LogP contribution in [0.3, 0.4) is 0 Å². The molecule has 3 aromatic rings. The van der Waals surface area contributed by atoms with E-state index in [1.54, 1.807) is 55.6 Å². The highest BCUT2D eigenvalue weighted by Gasteiger charge is 2.33. The molecule has 3 rings (SSSR count). The maximum absolute atomic E-state index is 14.2. The van der Waals surface area contributed by atoms with E-state index in [2.05, 4.69) is 5.32 Å². The average Bonchev–Trinajstić information content (AvgIpc) is 2.99. The van der Waals surface area contributed by atoms with Gasteiger partial charge in [0.05, 0.1) is 24.3 Å². The molecule has 0 bridgehead atoms. The van der Waals surface area contributed by atoms with E-state index in [4.69, 9.17) is 9.47 Å². The summed E-state index contributed by atoms with van der Waals surface area (Å²) in [6, 6.07) is 19.5. The van der Waals surface area contributed by atoms with Gasteiger partial charge in [-0.1, -0.05) is 50.6 Å². The SMILES string of the molecule is CCOc1ccc(S(=O)(=O)N(CC(=O)N(Cc2ccc(OC)cc2)C(CC)C(=O)NCC(C)C)c2ccc(C)cc2)cc1. The molecule has 0 aliphatic heterocycles. The molecule has 2 amide bonds. The van der Waals surface area contributed by atoms with Gasteiger partial charge in [0, 0.05) is 13.1 Å². The van der Waals surface area contributed by atoms with Crippen molar-refractivity contribution in [3.05, 3.63) is 83.9 Å². The van der Waals surface area contributed by atoms with E-state index in [-0.39, 0.29) is 23.3 Å². The minimum absolute atomic E-state index is 0.0211. The first-order chi connectivity index (χ1) is 20.5. The van der Waals surface area contributed by atoms with Crippen LogP contribution in [0.5, 0.6) is 11.5 Å². The van der Waals surface area contributed by atoms with Crippen LogP contribution in [0.1, 0.15) is 45.2 Å². The molecular formula is C33H43N3O6S. The van der Waals surface area contributed by atoms with Crippen molar-refractivity contribution in [1.82, 2.24) is 10.2 Å². The van der Waals surface area contributed by atoms with Crippen LogP contribution < -0.4 is 19.1 Å². The largest absolute Gasteiger partial charge is 0.497 e. The summed E-state index contributed by atoms with van der Waals surface area (Å²) in [5.74, 6) is 0.647. The molecule has 0 aliphatic carbocycles. The Hall–Kier alpha value is -4.05. The number of carbonyl (C=O) groups excluding carboxylic acids is 2. The third-order valence-electron chi connectivity index (χ3n) is 6.91. The second kappa shape index (κ2) is 15.4. The number of rotatable bonds is 15. The minimum atomic E-state index is -4.17. The summed E-state index contributed by atoms with van der Waals surface area (Å²) in [6.45, 7) is 10.1. The van der Waals surface area contributed by atoms with Crippen LogP contribution in [0.4, 0.5) is 5.69 Å². The molecule has 1 unspecified atom stereocenters. The summed E-state index contributed by atoms with van der Waals surface area (Å²) in [7, 11) is -2.60. The Morgan fingerprint density at radius 1 is 0.884 bits per heavy atom. The first-order valence-corrected chi connectivity index (χ1v) is 16.0. The summed E-state index contributed by atoms with van der Waals surface area (Å²) < 4.78 is 39.9. The normalized spacial score (nSPS) is 12.0. The molecule has 0 aromatic heterocycles. The average molecular weight is 610 g/mol. The van der Waals surface area contributed by atoms with Crippen molar-refractivity contribution in [3.63, 3.8) is 0 Å². The lowest BCUT2D eigenvalue weighted by atomic mass is 10.1. The first kappa shape index (κ1) is 33.5. The molecule has 10 heteroatoms. The van der Waals surface area contributed by atoms with Gasteiger partial charge in [0.15, 0.2) is 0 Å². The van der Waals surface area contributed by atoms with Crippen LogP contribution in [0.2, 0.25) is 0 Å². The van der Waals surface area contributed by atoms with Crippen molar-refractivity contribution < 1.29 is 27.5 Å². The van der Waals surface area contributed by atoms with Crippen molar-refractivity contribution in [2.75, 3.05) is 31.1 Å². The Kier molecular flexibility index (Phi) is 12.0. The van der Waals surface area contributed by atoms with Gasteiger partial charge in [0.25, 0.3) is 10.0 Å². The highest BCUT2D eigenvalue weighted by molar-refractivity contribution is 7.92. The zero-order chi connectivity index (χ0) is 31.6. The van der Waals surface area contributed by atoms with Gasteiger partial charge < -0.3 is 19.7 Å². The summed E-state index contributed by atoms with van der Waals surface area (Å²) in [4.78, 5) is 29.0. The topological polar surface area (TPSA) is 105 Å². The molecule has 9 nitrogen and oxygen atoms in total. The third kappa shape index (κ3) is 8.97. The second-order valence-corrected chi connectivity index (χ2v) is 12.5. The number of hydrogen-bond acceptors (Lipinski definition) is 6. The molecule has 43 heavy (non-hydrogen) atoms. The number of anilines is 1. The van der Waals surface area contributed by atoms with Crippen LogP contribution in [-0.2, 0) is 26.2 Å². The molecular weight excluding hydrogens is 566 g/mol. The Balaban J connectivity index is 2.03. The lowest BCUT2D eigenvalue weighted by molar-refractivity contribution is -0.140. The van der Waals surface area contributed by atoms with Gasteiger partial charge in [0.2, 0.25) is 11.8 Å². The number of nitrogens with zero attached hydrogens (tertiary/aromatic N) is 2. The van der Waals surface area contributed by atoms with Crippen LogP contribution in [-0.4, -0.2) is 58.0 Å². The second-order valence-electron chi connectivity index (χ2n) is 10.7. The minimum Gasteiger partial charge on any atom is -0.497 e. The van der Waals surface area contributed by atoms with Crippen molar-refractivity contribution in [2.45, 2.75) is 58.5 Å². The predicted octanol–water partition coefficient (Wildman–Crippen LogP) is 5.18. The Morgan fingerprint density at radius 2 is 1.49 bits per heavy atom.